The second-order valence-corrected chi connectivity index (χ2v) is 7.73. The van der Waals surface area contributed by atoms with E-state index in [1.807, 2.05) is 30.3 Å². The standard InChI is InChI=1S/C23H26O8/c1-24-19-8-14(9-20(25-2)22(19)26-3)23(27-4)16-11-28-21(15(16)10-31-23)13-5-6-17-18(7-13)30-12-29-17/h5-9,15-16,21H,10-12H2,1-4H3. The molecule has 8 heteroatoms. The second kappa shape index (κ2) is 7.78. The van der Waals surface area contributed by atoms with E-state index in [-0.39, 0.29) is 24.7 Å². The molecule has 4 atom stereocenters. The minimum Gasteiger partial charge on any atom is -0.493 e. The summed E-state index contributed by atoms with van der Waals surface area (Å²) >= 11 is 0. The van der Waals surface area contributed by atoms with Crippen LogP contribution in [0.2, 0.25) is 0 Å². The molecule has 2 aromatic carbocycles. The minimum atomic E-state index is -0.984. The van der Waals surface area contributed by atoms with Crippen molar-refractivity contribution in [2.24, 2.45) is 11.8 Å². The number of rotatable bonds is 6. The number of hydrogen-bond acceptors (Lipinski definition) is 8. The van der Waals surface area contributed by atoms with Gasteiger partial charge in [-0.3, -0.25) is 0 Å². The van der Waals surface area contributed by atoms with Gasteiger partial charge in [-0.05, 0) is 29.8 Å². The first-order valence-electron chi connectivity index (χ1n) is 10.2. The summed E-state index contributed by atoms with van der Waals surface area (Å²) in [6.07, 6.45) is -0.126. The maximum absolute atomic E-state index is 6.35. The average Bonchev–Trinajstić information content (AvgIpc) is 3.53. The first-order valence-corrected chi connectivity index (χ1v) is 10.2. The highest BCUT2D eigenvalue weighted by atomic mass is 16.7. The molecule has 0 amide bonds. The van der Waals surface area contributed by atoms with E-state index in [1.165, 1.54) is 0 Å². The molecule has 0 aliphatic carbocycles. The Morgan fingerprint density at radius 2 is 1.61 bits per heavy atom. The molecule has 0 spiro atoms. The third kappa shape index (κ3) is 3.01. The van der Waals surface area contributed by atoms with E-state index < -0.39 is 5.79 Å². The van der Waals surface area contributed by atoms with E-state index in [1.54, 1.807) is 28.4 Å². The fourth-order valence-electron chi connectivity index (χ4n) is 4.93. The molecule has 0 N–H and O–H groups in total. The summed E-state index contributed by atoms with van der Waals surface area (Å²) in [5.41, 5.74) is 1.84. The van der Waals surface area contributed by atoms with E-state index in [2.05, 4.69) is 0 Å². The monoisotopic (exact) mass is 430 g/mol. The molecule has 0 aromatic heterocycles. The van der Waals surface area contributed by atoms with Crippen LogP contribution in [0.3, 0.4) is 0 Å². The van der Waals surface area contributed by atoms with Gasteiger partial charge in [0.25, 0.3) is 0 Å². The molecule has 0 radical (unpaired) electrons. The third-order valence-corrected chi connectivity index (χ3v) is 6.43. The Kier molecular flexibility index (Phi) is 5.08. The zero-order valence-electron chi connectivity index (χ0n) is 18.0. The Morgan fingerprint density at radius 1 is 0.871 bits per heavy atom. The molecule has 0 saturated carbocycles. The fraction of sp³-hybridized carbons (Fsp3) is 0.478. The first kappa shape index (κ1) is 20.2. The lowest BCUT2D eigenvalue weighted by Crippen LogP contribution is -2.36. The fourth-order valence-corrected chi connectivity index (χ4v) is 4.93. The zero-order chi connectivity index (χ0) is 21.6. The van der Waals surface area contributed by atoms with Crippen molar-refractivity contribution in [3.8, 4) is 28.7 Å². The molecule has 2 aromatic rings. The van der Waals surface area contributed by atoms with Crippen LogP contribution in [-0.4, -0.2) is 48.4 Å². The lowest BCUT2D eigenvalue weighted by molar-refractivity contribution is -0.230. The number of fused-ring (bicyclic) bond motifs is 2. The molecule has 3 aliphatic rings. The normalized spacial score (nSPS) is 28.5. The van der Waals surface area contributed by atoms with Gasteiger partial charge >= 0.3 is 0 Å². The Morgan fingerprint density at radius 3 is 2.29 bits per heavy atom. The predicted molar refractivity (Wildman–Crippen MR) is 109 cm³/mol. The topological polar surface area (TPSA) is 73.8 Å². The third-order valence-electron chi connectivity index (χ3n) is 6.43. The van der Waals surface area contributed by atoms with Gasteiger partial charge in [0.05, 0.1) is 40.6 Å². The van der Waals surface area contributed by atoms with Crippen LogP contribution in [0.4, 0.5) is 0 Å². The highest BCUT2D eigenvalue weighted by Crippen LogP contribution is 2.56. The molecule has 0 bridgehead atoms. The van der Waals surface area contributed by atoms with Crippen molar-refractivity contribution in [3.63, 3.8) is 0 Å². The number of benzene rings is 2. The lowest BCUT2D eigenvalue weighted by Gasteiger charge is -2.33. The smallest absolute Gasteiger partial charge is 0.231 e. The average molecular weight is 430 g/mol. The van der Waals surface area contributed by atoms with Crippen molar-refractivity contribution in [1.29, 1.82) is 0 Å². The molecule has 3 heterocycles. The Hall–Kier alpha value is -2.68. The van der Waals surface area contributed by atoms with Gasteiger partial charge in [-0.2, -0.15) is 0 Å². The van der Waals surface area contributed by atoms with Crippen molar-refractivity contribution < 1.29 is 37.9 Å². The van der Waals surface area contributed by atoms with Crippen LogP contribution in [0.1, 0.15) is 17.2 Å². The quantitative estimate of drug-likeness (QED) is 0.691. The van der Waals surface area contributed by atoms with Crippen LogP contribution in [0, 0.1) is 11.8 Å². The molecule has 31 heavy (non-hydrogen) atoms. The molecule has 4 unspecified atom stereocenters. The summed E-state index contributed by atoms with van der Waals surface area (Å²) in [6, 6.07) is 9.68. The molecule has 8 nitrogen and oxygen atoms in total. The highest BCUT2D eigenvalue weighted by Gasteiger charge is 2.58. The van der Waals surface area contributed by atoms with Crippen LogP contribution in [-0.2, 0) is 20.0 Å². The zero-order valence-corrected chi connectivity index (χ0v) is 18.0. The Balaban J connectivity index is 1.50. The van der Waals surface area contributed by atoms with Crippen molar-refractivity contribution in [2.45, 2.75) is 11.9 Å². The first-order chi connectivity index (χ1) is 15.1. The summed E-state index contributed by atoms with van der Waals surface area (Å²) in [5.74, 6) is 2.22. The molecular weight excluding hydrogens is 404 g/mol. The molecule has 2 saturated heterocycles. The summed E-state index contributed by atoms with van der Waals surface area (Å²) in [7, 11) is 6.41. The lowest BCUT2D eigenvalue weighted by atomic mass is 9.82. The molecule has 3 aliphatic heterocycles. The van der Waals surface area contributed by atoms with Gasteiger partial charge in [0.2, 0.25) is 12.5 Å². The largest absolute Gasteiger partial charge is 0.493 e. The number of ether oxygens (including phenoxy) is 8. The SMILES string of the molecule is COc1cc(C2(OC)OCC3C(c4ccc5c(c4)OCO5)OCC32)cc(OC)c1OC. The van der Waals surface area contributed by atoms with Crippen LogP contribution in [0.15, 0.2) is 30.3 Å². The van der Waals surface area contributed by atoms with E-state index in [0.717, 1.165) is 22.6 Å². The van der Waals surface area contributed by atoms with Gasteiger partial charge in [0, 0.05) is 24.5 Å². The van der Waals surface area contributed by atoms with Crippen LogP contribution >= 0.6 is 0 Å². The minimum absolute atomic E-state index is 0.0178. The molecular formula is C23H26O8. The van der Waals surface area contributed by atoms with E-state index in [9.17, 15) is 0 Å². The van der Waals surface area contributed by atoms with Gasteiger partial charge < -0.3 is 37.9 Å². The maximum atomic E-state index is 6.35. The molecule has 5 rings (SSSR count). The molecule has 2 fully saturated rings. The summed E-state index contributed by atoms with van der Waals surface area (Å²) in [5, 5.41) is 0. The summed E-state index contributed by atoms with van der Waals surface area (Å²) in [6.45, 7) is 1.23. The van der Waals surface area contributed by atoms with Crippen LogP contribution in [0.5, 0.6) is 28.7 Å². The Bertz CT molecular complexity index is 951. The van der Waals surface area contributed by atoms with Gasteiger partial charge in [-0.1, -0.05) is 6.07 Å². The predicted octanol–water partition coefficient (Wildman–Crippen LogP) is 3.27. The molecule has 166 valence electrons. The summed E-state index contributed by atoms with van der Waals surface area (Å²) < 4.78 is 46.2. The van der Waals surface area contributed by atoms with Gasteiger partial charge in [-0.25, -0.2) is 0 Å². The van der Waals surface area contributed by atoms with Gasteiger partial charge in [0.15, 0.2) is 28.8 Å². The van der Waals surface area contributed by atoms with Gasteiger partial charge in [0.1, 0.15) is 0 Å². The van der Waals surface area contributed by atoms with E-state index >= 15 is 0 Å². The Labute approximate surface area is 180 Å². The second-order valence-electron chi connectivity index (χ2n) is 7.73. The van der Waals surface area contributed by atoms with Crippen LogP contribution in [0.25, 0.3) is 0 Å². The van der Waals surface area contributed by atoms with E-state index in [4.69, 9.17) is 37.9 Å². The van der Waals surface area contributed by atoms with Crippen molar-refractivity contribution in [3.05, 3.63) is 41.5 Å². The van der Waals surface area contributed by atoms with Crippen LogP contribution < -0.4 is 23.7 Å². The number of methoxy groups -OCH3 is 4. The highest BCUT2D eigenvalue weighted by molar-refractivity contribution is 5.55. The van der Waals surface area contributed by atoms with Crippen molar-refractivity contribution in [1.82, 2.24) is 0 Å². The maximum Gasteiger partial charge on any atom is 0.231 e. The van der Waals surface area contributed by atoms with E-state index in [0.29, 0.717) is 30.5 Å². The van der Waals surface area contributed by atoms with Crippen molar-refractivity contribution in [2.75, 3.05) is 48.4 Å². The van der Waals surface area contributed by atoms with Gasteiger partial charge in [-0.15, -0.1) is 0 Å². The van der Waals surface area contributed by atoms with Crippen molar-refractivity contribution >= 4 is 0 Å². The summed E-state index contributed by atoms with van der Waals surface area (Å²) in [4.78, 5) is 0. The number of hydrogen-bond donors (Lipinski definition) is 0.